The van der Waals surface area contributed by atoms with E-state index in [1.165, 1.54) is 19.3 Å². The number of carbonyl (C=O) groups is 2. The van der Waals surface area contributed by atoms with Crippen LogP contribution in [0.25, 0.3) is 0 Å². The molecule has 3 heterocycles. The number of nitrogens with zero attached hydrogens (tertiary/aromatic N) is 1. The summed E-state index contributed by atoms with van der Waals surface area (Å²) in [6, 6.07) is 0.471. The molecule has 3 aliphatic heterocycles. The molecule has 158 valence electrons. The van der Waals surface area contributed by atoms with Gasteiger partial charge in [-0.3, -0.25) is 9.59 Å². The van der Waals surface area contributed by atoms with Gasteiger partial charge in [-0.25, -0.2) is 0 Å². The Morgan fingerprint density at radius 3 is 2.18 bits per heavy atom. The Hall–Kier alpha value is -1.10. The SMILES string of the molecule is CC(C)NC(=O)C1CC2CCC1CC2CC(C)NC(=O)C12CCN(CC1)CC2. The van der Waals surface area contributed by atoms with E-state index in [1.807, 2.05) is 13.8 Å². The lowest BCUT2D eigenvalue weighted by atomic mass is 9.58. The summed E-state index contributed by atoms with van der Waals surface area (Å²) in [6.45, 7) is 9.55. The fourth-order valence-electron chi connectivity index (χ4n) is 6.62. The lowest BCUT2D eigenvalue weighted by Crippen LogP contribution is -2.56. The molecule has 2 N–H and O–H groups in total. The molecule has 0 aromatic carbocycles. The molecule has 0 radical (unpaired) electrons. The maximum Gasteiger partial charge on any atom is 0.226 e. The number of piperidine rings is 3. The summed E-state index contributed by atoms with van der Waals surface area (Å²) in [5.41, 5.74) is -0.0887. The lowest BCUT2D eigenvalue weighted by molar-refractivity contribution is -0.139. The van der Waals surface area contributed by atoms with Gasteiger partial charge in [0.05, 0.1) is 5.41 Å². The van der Waals surface area contributed by atoms with Crippen LogP contribution in [0.5, 0.6) is 0 Å². The molecular formula is C23H39N3O2. The van der Waals surface area contributed by atoms with Crippen LogP contribution >= 0.6 is 0 Å². The predicted molar refractivity (Wildman–Crippen MR) is 111 cm³/mol. The van der Waals surface area contributed by atoms with Crippen molar-refractivity contribution in [1.29, 1.82) is 0 Å². The van der Waals surface area contributed by atoms with E-state index < -0.39 is 0 Å². The molecule has 2 amide bonds. The first-order chi connectivity index (χ1) is 13.4. The van der Waals surface area contributed by atoms with E-state index in [0.717, 1.165) is 51.7 Å². The fourth-order valence-corrected chi connectivity index (χ4v) is 6.62. The van der Waals surface area contributed by atoms with Gasteiger partial charge in [0.1, 0.15) is 0 Å². The van der Waals surface area contributed by atoms with Gasteiger partial charge in [-0.1, -0.05) is 0 Å². The number of hydrogen-bond donors (Lipinski definition) is 2. The largest absolute Gasteiger partial charge is 0.354 e. The summed E-state index contributed by atoms with van der Waals surface area (Å²) in [7, 11) is 0. The highest BCUT2D eigenvalue weighted by molar-refractivity contribution is 5.83. The summed E-state index contributed by atoms with van der Waals surface area (Å²) in [6.07, 6.45) is 8.87. The molecule has 4 bridgehead atoms. The molecule has 3 saturated heterocycles. The quantitative estimate of drug-likeness (QED) is 0.734. The third kappa shape index (κ3) is 3.96. The molecule has 6 rings (SSSR count). The first-order valence-electron chi connectivity index (χ1n) is 11.7. The van der Waals surface area contributed by atoms with Crippen LogP contribution in [0.3, 0.4) is 0 Å². The Labute approximate surface area is 170 Å². The smallest absolute Gasteiger partial charge is 0.226 e. The van der Waals surface area contributed by atoms with Crippen LogP contribution in [0.15, 0.2) is 0 Å². The van der Waals surface area contributed by atoms with E-state index >= 15 is 0 Å². The lowest BCUT2D eigenvalue weighted by Gasteiger charge is -2.48. The van der Waals surface area contributed by atoms with Crippen molar-refractivity contribution in [3.8, 4) is 0 Å². The van der Waals surface area contributed by atoms with Gasteiger partial charge in [0.2, 0.25) is 11.8 Å². The summed E-state index contributed by atoms with van der Waals surface area (Å²) >= 11 is 0. The molecule has 5 nitrogen and oxygen atoms in total. The Kier molecular flexibility index (Phi) is 5.74. The Morgan fingerprint density at radius 1 is 0.964 bits per heavy atom. The van der Waals surface area contributed by atoms with E-state index in [-0.39, 0.29) is 29.3 Å². The monoisotopic (exact) mass is 389 g/mol. The number of nitrogens with one attached hydrogen (secondary N) is 2. The number of amides is 2. The number of rotatable bonds is 6. The fraction of sp³-hybridized carbons (Fsp3) is 0.913. The van der Waals surface area contributed by atoms with Gasteiger partial charge < -0.3 is 15.5 Å². The minimum Gasteiger partial charge on any atom is -0.354 e. The van der Waals surface area contributed by atoms with Gasteiger partial charge >= 0.3 is 0 Å². The van der Waals surface area contributed by atoms with Gasteiger partial charge in [-0.05, 0) is 110 Å². The van der Waals surface area contributed by atoms with Crippen molar-refractivity contribution < 1.29 is 9.59 Å². The van der Waals surface area contributed by atoms with Crippen molar-refractivity contribution in [2.24, 2.45) is 29.1 Å². The second-order valence-corrected chi connectivity index (χ2v) is 10.6. The van der Waals surface area contributed by atoms with Crippen LogP contribution in [0, 0.1) is 29.1 Å². The van der Waals surface area contributed by atoms with E-state index in [1.54, 1.807) is 0 Å². The second kappa shape index (κ2) is 7.97. The third-order valence-electron chi connectivity index (χ3n) is 8.31. The average molecular weight is 390 g/mol. The second-order valence-electron chi connectivity index (χ2n) is 10.6. The molecular weight excluding hydrogens is 350 g/mol. The van der Waals surface area contributed by atoms with Crippen LogP contribution in [-0.2, 0) is 9.59 Å². The first kappa shape index (κ1) is 20.2. The van der Waals surface area contributed by atoms with Crippen LogP contribution in [-0.4, -0.2) is 48.4 Å². The van der Waals surface area contributed by atoms with Gasteiger partial charge in [-0.15, -0.1) is 0 Å². The molecule has 3 aliphatic carbocycles. The Morgan fingerprint density at radius 2 is 1.61 bits per heavy atom. The Bertz CT molecular complexity index is 583. The van der Waals surface area contributed by atoms with Crippen LogP contribution in [0.4, 0.5) is 0 Å². The van der Waals surface area contributed by atoms with Crippen molar-refractivity contribution in [3.63, 3.8) is 0 Å². The van der Waals surface area contributed by atoms with Crippen molar-refractivity contribution in [3.05, 3.63) is 0 Å². The molecule has 0 aromatic rings. The minimum atomic E-state index is -0.0887. The van der Waals surface area contributed by atoms with Gasteiger partial charge in [0.25, 0.3) is 0 Å². The molecule has 3 saturated carbocycles. The molecule has 0 spiro atoms. The van der Waals surface area contributed by atoms with Gasteiger partial charge in [0.15, 0.2) is 0 Å². The van der Waals surface area contributed by atoms with E-state index in [2.05, 4.69) is 22.5 Å². The molecule has 5 heteroatoms. The zero-order valence-electron chi connectivity index (χ0n) is 18.0. The van der Waals surface area contributed by atoms with Crippen LogP contribution in [0.1, 0.15) is 72.1 Å². The number of fused-ring (bicyclic) bond motifs is 6. The Balaban J connectivity index is 1.29. The zero-order chi connectivity index (χ0) is 19.9. The van der Waals surface area contributed by atoms with Crippen molar-refractivity contribution in [2.45, 2.75) is 84.2 Å². The van der Waals surface area contributed by atoms with Crippen LogP contribution in [0.2, 0.25) is 0 Å². The van der Waals surface area contributed by atoms with Gasteiger partial charge in [-0.2, -0.15) is 0 Å². The number of hydrogen-bond acceptors (Lipinski definition) is 3. The van der Waals surface area contributed by atoms with Crippen molar-refractivity contribution in [1.82, 2.24) is 15.5 Å². The summed E-state index contributed by atoms with van der Waals surface area (Å²) in [5.74, 6) is 2.67. The standard InChI is InChI=1S/C23H39N3O2/c1-15(2)24-21(27)20-14-17-4-5-18(20)13-19(17)12-16(3)25-22(28)23-6-9-26(10-7-23)11-8-23/h15-20H,4-14H2,1-3H3,(H,24,27)(H,25,28). The average Bonchev–Trinajstić information content (AvgIpc) is 2.69. The van der Waals surface area contributed by atoms with E-state index in [9.17, 15) is 9.59 Å². The molecule has 5 atom stereocenters. The van der Waals surface area contributed by atoms with E-state index in [0.29, 0.717) is 23.7 Å². The summed E-state index contributed by atoms with van der Waals surface area (Å²) in [4.78, 5) is 28.1. The highest BCUT2D eigenvalue weighted by Crippen LogP contribution is 2.50. The zero-order valence-corrected chi connectivity index (χ0v) is 18.0. The molecule has 28 heavy (non-hydrogen) atoms. The number of carbonyl (C=O) groups excluding carboxylic acids is 2. The highest BCUT2D eigenvalue weighted by atomic mass is 16.2. The maximum absolute atomic E-state index is 13.0. The molecule has 0 aromatic heterocycles. The van der Waals surface area contributed by atoms with E-state index in [4.69, 9.17) is 0 Å². The first-order valence-corrected chi connectivity index (χ1v) is 11.7. The minimum absolute atomic E-state index is 0.0887. The highest BCUT2D eigenvalue weighted by Gasteiger charge is 2.47. The van der Waals surface area contributed by atoms with Crippen molar-refractivity contribution in [2.75, 3.05) is 19.6 Å². The maximum atomic E-state index is 13.0. The molecule has 5 unspecified atom stereocenters. The molecule has 6 fully saturated rings. The molecule has 6 aliphatic rings. The summed E-state index contributed by atoms with van der Waals surface area (Å²) < 4.78 is 0. The topological polar surface area (TPSA) is 61.4 Å². The summed E-state index contributed by atoms with van der Waals surface area (Å²) in [5, 5.41) is 6.53. The predicted octanol–water partition coefficient (Wildman–Crippen LogP) is 2.94. The third-order valence-corrected chi connectivity index (χ3v) is 8.31. The van der Waals surface area contributed by atoms with Crippen LogP contribution < -0.4 is 10.6 Å². The normalized spacial score (nSPS) is 40.4. The van der Waals surface area contributed by atoms with Crippen molar-refractivity contribution >= 4 is 11.8 Å². The van der Waals surface area contributed by atoms with Gasteiger partial charge in [0, 0.05) is 18.0 Å².